The molecule has 1 amide bonds. The summed E-state index contributed by atoms with van der Waals surface area (Å²) in [7, 11) is 0. The molecule has 1 aliphatic heterocycles. The van der Waals surface area contributed by atoms with Crippen molar-refractivity contribution in [3.8, 4) is 11.5 Å². The first-order chi connectivity index (χ1) is 15.9. The first-order valence-electron chi connectivity index (χ1n) is 10.8. The molecular formula is C24H26BrN5O3. The van der Waals surface area contributed by atoms with Gasteiger partial charge in [0.25, 0.3) is 5.91 Å². The van der Waals surface area contributed by atoms with Gasteiger partial charge in [-0.3, -0.25) is 4.79 Å². The fourth-order valence-electron chi connectivity index (χ4n) is 3.91. The van der Waals surface area contributed by atoms with E-state index < -0.39 is 6.04 Å². The molecule has 1 aliphatic rings. The van der Waals surface area contributed by atoms with Gasteiger partial charge in [0.1, 0.15) is 12.4 Å². The van der Waals surface area contributed by atoms with Crippen LogP contribution >= 0.6 is 15.9 Å². The van der Waals surface area contributed by atoms with Gasteiger partial charge in [-0.15, -0.1) is 0 Å². The Morgan fingerprint density at radius 3 is 2.70 bits per heavy atom. The first-order valence-corrected chi connectivity index (χ1v) is 11.6. The molecule has 0 radical (unpaired) electrons. The summed E-state index contributed by atoms with van der Waals surface area (Å²) in [5, 5.41) is 10.6. The molecule has 3 aromatic rings. The Bertz CT molecular complexity index is 1220. The van der Waals surface area contributed by atoms with E-state index in [0.717, 1.165) is 21.3 Å². The van der Waals surface area contributed by atoms with Crippen LogP contribution in [0.25, 0.3) is 0 Å². The van der Waals surface area contributed by atoms with Crippen LogP contribution in [0, 0.1) is 6.92 Å². The normalized spacial score (nSPS) is 15.0. The van der Waals surface area contributed by atoms with E-state index in [-0.39, 0.29) is 5.91 Å². The average Bonchev–Trinajstić information content (AvgIpc) is 3.23. The van der Waals surface area contributed by atoms with Crippen LogP contribution in [0.2, 0.25) is 0 Å². The molecular weight excluding hydrogens is 486 g/mol. The van der Waals surface area contributed by atoms with Crippen LogP contribution < -0.4 is 20.1 Å². The standard InChI is InChI=1S/C24H26BrN5O3/c1-5-32-19-12-16(11-18(25)22(19)33-6-2)21-20(15(4)28-24-26-13-27-30(21)24)23(31)29-17-9-7-8-14(3)10-17/h7-13,21H,5-6H2,1-4H3,(H,29,31)(H,26,27,28). The molecule has 0 fully saturated rings. The fraction of sp³-hybridized carbons (Fsp3) is 0.292. The van der Waals surface area contributed by atoms with Gasteiger partial charge in [-0.2, -0.15) is 10.1 Å². The number of benzene rings is 2. The third-order valence-electron chi connectivity index (χ3n) is 5.25. The van der Waals surface area contributed by atoms with Crippen LogP contribution in [0.5, 0.6) is 11.5 Å². The zero-order valence-electron chi connectivity index (χ0n) is 19.0. The predicted molar refractivity (Wildman–Crippen MR) is 131 cm³/mol. The Morgan fingerprint density at radius 2 is 1.97 bits per heavy atom. The SMILES string of the molecule is CCOc1cc(C2C(C(=O)Nc3cccc(C)c3)=C(C)Nc3ncnn32)cc(Br)c1OCC. The second kappa shape index (κ2) is 9.66. The van der Waals surface area contributed by atoms with Gasteiger partial charge < -0.3 is 20.1 Å². The van der Waals surface area contributed by atoms with E-state index in [1.54, 1.807) is 4.68 Å². The minimum Gasteiger partial charge on any atom is -0.490 e. The van der Waals surface area contributed by atoms with E-state index in [1.807, 2.05) is 64.1 Å². The molecule has 33 heavy (non-hydrogen) atoms. The number of aromatic nitrogens is 3. The number of aryl methyl sites for hydroxylation is 1. The highest BCUT2D eigenvalue weighted by Crippen LogP contribution is 2.42. The Kier molecular flexibility index (Phi) is 6.69. The fourth-order valence-corrected chi connectivity index (χ4v) is 4.48. The first kappa shape index (κ1) is 22.8. The number of halogens is 1. The largest absolute Gasteiger partial charge is 0.490 e. The van der Waals surface area contributed by atoms with Crippen molar-refractivity contribution in [3.05, 3.63) is 69.6 Å². The monoisotopic (exact) mass is 511 g/mol. The van der Waals surface area contributed by atoms with Crippen LogP contribution in [0.3, 0.4) is 0 Å². The van der Waals surface area contributed by atoms with Crippen molar-refractivity contribution < 1.29 is 14.3 Å². The summed E-state index contributed by atoms with van der Waals surface area (Å²) in [6.45, 7) is 8.67. The van der Waals surface area contributed by atoms with Crippen molar-refractivity contribution >= 4 is 33.5 Å². The van der Waals surface area contributed by atoms with E-state index in [0.29, 0.717) is 41.9 Å². The van der Waals surface area contributed by atoms with Crippen molar-refractivity contribution in [2.24, 2.45) is 0 Å². The topological polar surface area (TPSA) is 90.3 Å². The van der Waals surface area contributed by atoms with E-state index in [9.17, 15) is 4.79 Å². The summed E-state index contributed by atoms with van der Waals surface area (Å²) in [6.07, 6.45) is 1.47. The van der Waals surface area contributed by atoms with Crippen LogP contribution in [0.15, 0.2) is 58.5 Å². The zero-order chi connectivity index (χ0) is 23.5. The number of rotatable bonds is 7. The molecule has 1 unspecified atom stereocenters. The van der Waals surface area contributed by atoms with Gasteiger partial charge in [0.05, 0.1) is 23.3 Å². The van der Waals surface area contributed by atoms with Crippen molar-refractivity contribution in [1.29, 1.82) is 0 Å². The number of nitrogens with zero attached hydrogens (tertiary/aromatic N) is 3. The number of carbonyl (C=O) groups excluding carboxylic acids is 1. The van der Waals surface area contributed by atoms with Crippen LogP contribution in [0.4, 0.5) is 11.6 Å². The molecule has 4 rings (SSSR count). The number of anilines is 2. The van der Waals surface area contributed by atoms with Crippen molar-refractivity contribution in [1.82, 2.24) is 14.8 Å². The summed E-state index contributed by atoms with van der Waals surface area (Å²) < 4.78 is 14.1. The lowest BCUT2D eigenvalue weighted by atomic mass is 9.94. The molecule has 2 aromatic carbocycles. The molecule has 0 aliphatic carbocycles. The highest BCUT2D eigenvalue weighted by Gasteiger charge is 2.34. The molecule has 0 spiro atoms. The van der Waals surface area contributed by atoms with Gasteiger partial charge in [0, 0.05) is 11.4 Å². The molecule has 1 atom stereocenters. The van der Waals surface area contributed by atoms with Crippen LogP contribution in [0.1, 0.15) is 37.9 Å². The number of amides is 1. The van der Waals surface area contributed by atoms with Gasteiger partial charge in [0.15, 0.2) is 11.5 Å². The number of allylic oxidation sites excluding steroid dienone is 1. The molecule has 1 aromatic heterocycles. The molecule has 0 bridgehead atoms. The molecule has 172 valence electrons. The summed E-state index contributed by atoms with van der Waals surface area (Å²) in [5.74, 6) is 1.56. The molecule has 0 saturated carbocycles. The lowest BCUT2D eigenvalue weighted by molar-refractivity contribution is -0.113. The van der Waals surface area contributed by atoms with Crippen molar-refractivity contribution in [2.75, 3.05) is 23.8 Å². The van der Waals surface area contributed by atoms with Crippen LogP contribution in [-0.2, 0) is 4.79 Å². The summed E-state index contributed by atoms with van der Waals surface area (Å²) >= 11 is 3.62. The maximum Gasteiger partial charge on any atom is 0.255 e. The van der Waals surface area contributed by atoms with Gasteiger partial charge >= 0.3 is 0 Å². The lowest BCUT2D eigenvalue weighted by Crippen LogP contribution is -2.31. The van der Waals surface area contributed by atoms with E-state index in [4.69, 9.17) is 9.47 Å². The Hall–Kier alpha value is -3.33. The number of carbonyl (C=O) groups is 1. The highest BCUT2D eigenvalue weighted by molar-refractivity contribution is 9.10. The Morgan fingerprint density at radius 1 is 1.18 bits per heavy atom. The average molecular weight is 512 g/mol. The number of ether oxygens (including phenoxy) is 2. The quantitative estimate of drug-likeness (QED) is 0.459. The molecule has 2 heterocycles. The highest BCUT2D eigenvalue weighted by atomic mass is 79.9. The smallest absolute Gasteiger partial charge is 0.255 e. The maximum absolute atomic E-state index is 13.5. The Labute approximate surface area is 201 Å². The number of hydrogen-bond acceptors (Lipinski definition) is 6. The van der Waals surface area contributed by atoms with E-state index in [1.165, 1.54) is 6.33 Å². The third kappa shape index (κ3) is 4.59. The van der Waals surface area contributed by atoms with Crippen molar-refractivity contribution in [3.63, 3.8) is 0 Å². The Balaban J connectivity index is 1.81. The summed E-state index contributed by atoms with van der Waals surface area (Å²) in [4.78, 5) is 17.8. The van der Waals surface area contributed by atoms with E-state index in [2.05, 4.69) is 36.6 Å². The number of hydrogen-bond donors (Lipinski definition) is 2. The predicted octanol–water partition coefficient (Wildman–Crippen LogP) is 5.07. The molecule has 2 N–H and O–H groups in total. The van der Waals surface area contributed by atoms with Crippen molar-refractivity contribution in [2.45, 2.75) is 33.7 Å². The summed E-state index contributed by atoms with van der Waals surface area (Å²) in [5.41, 5.74) is 3.84. The minimum absolute atomic E-state index is 0.222. The van der Waals surface area contributed by atoms with Gasteiger partial charge in [-0.05, 0) is 79.0 Å². The van der Waals surface area contributed by atoms with Gasteiger partial charge in [-0.25, -0.2) is 4.68 Å². The summed E-state index contributed by atoms with van der Waals surface area (Å²) in [6, 6.07) is 11.0. The van der Waals surface area contributed by atoms with Gasteiger partial charge in [-0.1, -0.05) is 12.1 Å². The van der Waals surface area contributed by atoms with E-state index >= 15 is 0 Å². The maximum atomic E-state index is 13.5. The third-order valence-corrected chi connectivity index (χ3v) is 5.84. The lowest BCUT2D eigenvalue weighted by Gasteiger charge is -2.29. The number of fused-ring (bicyclic) bond motifs is 1. The second-order valence-corrected chi connectivity index (χ2v) is 8.47. The minimum atomic E-state index is -0.514. The molecule has 9 heteroatoms. The van der Waals surface area contributed by atoms with Gasteiger partial charge in [0.2, 0.25) is 5.95 Å². The molecule has 0 saturated heterocycles. The second-order valence-electron chi connectivity index (χ2n) is 7.61. The molecule has 8 nitrogen and oxygen atoms in total. The van der Waals surface area contributed by atoms with Crippen LogP contribution in [-0.4, -0.2) is 33.9 Å². The number of nitrogens with one attached hydrogen (secondary N) is 2. The zero-order valence-corrected chi connectivity index (χ0v) is 20.6.